The first-order chi connectivity index (χ1) is 30.7. The summed E-state index contributed by atoms with van der Waals surface area (Å²) in [6, 6.07) is 0. The Morgan fingerprint density at radius 3 is 0.778 bits per heavy atom. The standard InChI is InChI=1S/C57H110O6/c1-6-7-8-9-10-11-12-13-14-15-18-22-25-28-33-39-44-49-57(60)63-54(51-62-56(59)48-43-38-34-29-31-36-41-46-53(4)5)50-61-55(58)47-42-37-32-27-24-21-19-16-17-20-23-26-30-35-40-45-52(2)3/h52-54H,6-51H2,1-5H3/t54-/m0/s1. The molecule has 374 valence electrons. The Kier molecular flexibility index (Phi) is 48.6. The molecule has 0 N–H and O–H groups in total. The predicted octanol–water partition coefficient (Wildman–Crippen LogP) is 18.5. The summed E-state index contributed by atoms with van der Waals surface area (Å²) < 4.78 is 16.9. The van der Waals surface area contributed by atoms with E-state index in [2.05, 4.69) is 34.6 Å². The predicted molar refractivity (Wildman–Crippen MR) is 270 cm³/mol. The van der Waals surface area contributed by atoms with E-state index in [9.17, 15) is 14.4 Å². The number of esters is 3. The van der Waals surface area contributed by atoms with Gasteiger partial charge in [0, 0.05) is 19.3 Å². The van der Waals surface area contributed by atoms with E-state index in [1.54, 1.807) is 0 Å². The molecular formula is C57H110O6. The Bertz CT molecular complexity index is 962. The lowest BCUT2D eigenvalue weighted by Gasteiger charge is -2.18. The van der Waals surface area contributed by atoms with Gasteiger partial charge in [-0.25, -0.2) is 0 Å². The zero-order valence-corrected chi connectivity index (χ0v) is 43.2. The van der Waals surface area contributed by atoms with Crippen molar-refractivity contribution in [1.29, 1.82) is 0 Å². The van der Waals surface area contributed by atoms with E-state index in [0.29, 0.717) is 19.3 Å². The minimum Gasteiger partial charge on any atom is -0.462 e. The van der Waals surface area contributed by atoms with E-state index in [1.165, 1.54) is 205 Å². The van der Waals surface area contributed by atoms with Crippen LogP contribution >= 0.6 is 0 Å². The third-order valence-electron chi connectivity index (χ3n) is 13.0. The number of unbranched alkanes of at least 4 members (excludes halogenated alkanes) is 36. The van der Waals surface area contributed by atoms with Crippen LogP contribution in [0.1, 0.15) is 317 Å². The van der Waals surface area contributed by atoms with Gasteiger partial charge in [0.25, 0.3) is 0 Å². The average molecular weight is 892 g/mol. The topological polar surface area (TPSA) is 78.9 Å². The van der Waals surface area contributed by atoms with Gasteiger partial charge in [-0.1, -0.05) is 279 Å². The van der Waals surface area contributed by atoms with Crippen molar-refractivity contribution in [2.75, 3.05) is 13.2 Å². The Morgan fingerprint density at radius 2 is 0.524 bits per heavy atom. The van der Waals surface area contributed by atoms with Crippen LogP contribution < -0.4 is 0 Å². The van der Waals surface area contributed by atoms with Crippen molar-refractivity contribution in [3.8, 4) is 0 Å². The molecule has 0 radical (unpaired) electrons. The molecule has 0 unspecified atom stereocenters. The number of hydrogen-bond acceptors (Lipinski definition) is 6. The van der Waals surface area contributed by atoms with Crippen molar-refractivity contribution in [2.45, 2.75) is 323 Å². The summed E-state index contributed by atoms with van der Waals surface area (Å²) in [7, 11) is 0. The van der Waals surface area contributed by atoms with Gasteiger partial charge in [0.05, 0.1) is 0 Å². The molecule has 0 aliphatic carbocycles. The van der Waals surface area contributed by atoms with Crippen molar-refractivity contribution in [1.82, 2.24) is 0 Å². The lowest BCUT2D eigenvalue weighted by atomic mass is 10.0. The Hall–Kier alpha value is -1.59. The van der Waals surface area contributed by atoms with Gasteiger partial charge >= 0.3 is 17.9 Å². The average Bonchev–Trinajstić information content (AvgIpc) is 3.25. The first-order valence-corrected chi connectivity index (χ1v) is 28.2. The van der Waals surface area contributed by atoms with Crippen molar-refractivity contribution in [3.05, 3.63) is 0 Å². The fourth-order valence-electron chi connectivity index (χ4n) is 8.70. The maximum Gasteiger partial charge on any atom is 0.306 e. The van der Waals surface area contributed by atoms with E-state index in [0.717, 1.165) is 69.6 Å². The first-order valence-electron chi connectivity index (χ1n) is 28.2. The Morgan fingerprint density at radius 1 is 0.302 bits per heavy atom. The maximum absolute atomic E-state index is 12.8. The molecule has 0 fully saturated rings. The second kappa shape index (κ2) is 49.8. The van der Waals surface area contributed by atoms with E-state index >= 15 is 0 Å². The number of carbonyl (C=O) groups excluding carboxylic acids is 3. The summed E-state index contributed by atoms with van der Waals surface area (Å²) in [6.07, 6.45) is 52.5. The molecule has 0 aliphatic heterocycles. The van der Waals surface area contributed by atoms with Crippen molar-refractivity contribution < 1.29 is 28.6 Å². The largest absolute Gasteiger partial charge is 0.462 e. The molecule has 0 rings (SSSR count). The third-order valence-corrected chi connectivity index (χ3v) is 13.0. The molecule has 0 aromatic carbocycles. The van der Waals surface area contributed by atoms with Gasteiger partial charge in [-0.3, -0.25) is 14.4 Å². The molecular weight excluding hydrogens is 781 g/mol. The molecule has 63 heavy (non-hydrogen) atoms. The quantitative estimate of drug-likeness (QED) is 0.0344. The summed E-state index contributed by atoms with van der Waals surface area (Å²) in [5.41, 5.74) is 0. The van der Waals surface area contributed by atoms with Gasteiger partial charge in [-0.2, -0.15) is 0 Å². The fourth-order valence-corrected chi connectivity index (χ4v) is 8.70. The highest BCUT2D eigenvalue weighted by atomic mass is 16.6. The van der Waals surface area contributed by atoms with Crippen molar-refractivity contribution in [2.24, 2.45) is 11.8 Å². The highest BCUT2D eigenvalue weighted by molar-refractivity contribution is 5.71. The molecule has 0 bridgehead atoms. The number of hydrogen-bond donors (Lipinski definition) is 0. The van der Waals surface area contributed by atoms with Gasteiger partial charge in [-0.05, 0) is 31.1 Å². The molecule has 0 aliphatic rings. The number of rotatable bonds is 51. The molecule has 0 saturated heterocycles. The van der Waals surface area contributed by atoms with Crippen molar-refractivity contribution >= 4 is 17.9 Å². The van der Waals surface area contributed by atoms with Crippen LogP contribution in [0.5, 0.6) is 0 Å². The van der Waals surface area contributed by atoms with Gasteiger partial charge in [0.2, 0.25) is 0 Å². The minimum absolute atomic E-state index is 0.0635. The smallest absolute Gasteiger partial charge is 0.306 e. The molecule has 0 heterocycles. The van der Waals surface area contributed by atoms with Crippen LogP contribution in [0.3, 0.4) is 0 Å². The van der Waals surface area contributed by atoms with Gasteiger partial charge in [0.1, 0.15) is 13.2 Å². The van der Waals surface area contributed by atoms with Crippen LogP contribution in [0.4, 0.5) is 0 Å². The highest BCUT2D eigenvalue weighted by Crippen LogP contribution is 2.18. The highest BCUT2D eigenvalue weighted by Gasteiger charge is 2.19. The monoisotopic (exact) mass is 891 g/mol. The van der Waals surface area contributed by atoms with Gasteiger partial charge in [-0.15, -0.1) is 0 Å². The molecule has 6 heteroatoms. The van der Waals surface area contributed by atoms with E-state index in [1.807, 2.05) is 0 Å². The summed E-state index contributed by atoms with van der Waals surface area (Å²) in [4.78, 5) is 38.0. The molecule has 6 nitrogen and oxygen atoms in total. The molecule has 0 aromatic rings. The zero-order valence-electron chi connectivity index (χ0n) is 43.2. The summed E-state index contributed by atoms with van der Waals surface area (Å²) >= 11 is 0. The second-order valence-corrected chi connectivity index (χ2v) is 20.5. The van der Waals surface area contributed by atoms with Crippen LogP contribution in [0.25, 0.3) is 0 Å². The lowest BCUT2D eigenvalue weighted by Crippen LogP contribution is -2.30. The lowest BCUT2D eigenvalue weighted by molar-refractivity contribution is -0.167. The van der Waals surface area contributed by atoms with Crippen LogP contribution in [-0.4, -0.2) is 37.2 Å². The van der Waals surface area contributed by atoms with Crippen LogP contribution in [-0.2, 0) is 28.6 Å². The fraction of sp³-hybridized carbons (Fsp3) is 0.947. The molecule has 1 atom stereocenters. The van der Waals surface area contributed by atoms with Gasteiger partial charge in [0.15, 0.2) is 6.10 Å². The Labute approximate surface area is 393 Å². The van der Waals surface area contributed by atoms with Gasteiger partial charge < -0.3 is 14.2 Å². The zero-order chi connectivity index (χ0) is 46.1. The number of ether oxygens (including phenoxy) is 3. The van der Waals surface area contributed by atoms with Crippen LogP contribution in [0.2, 0.25) is 0 Å². The number of carbonyl (C=O) groups is 3. The summed E-state index contributed by atoms with van der Waals surface area (Å²) in [6.45, 7) is 11.4. The minimum atomic E-state index is -0.762. The molecule has 0 spiro atoms. The van der Waals surface area contributed by atoms with Crippen LogP contribution in [0, 0.1) is 11.8 Å². The first kappa shape index (κ1) is 61.4. The molecule has 0 saturated carbocycles. The van der Waals surface area contributed by atoms with Crippen molar-refractivity contribution in [3.63, 3.8) is 0 Å². The summed E-state index contributed by atoms with van der Waals surface area (Å²) in [5, 5.41) is 0. The molecule has 0 aromatic heterocycles. The third kappa shape index (κ3) is 51.3. The van der Waals surface area contributed by atoms with E-state index < -0.39 is 6.10 Å². The normalized spacial score (nSPS) is 12.0. The van der Waals surface area contributed by atoms with E-state index in [-0.39, 0.29) is 31.1 Å². The maximum atomic E-state index is 12.8. The Balaban J connectivity index is 4.25. The SMILES string of the molecule is CCCCCCCCCCCCCCCCCCCC(=O)O[C@@H](COC(=O)CCCCCCCCCCCCCCCCCC(C)C)COC(=O)CCCCCCCCCC(C)C. The van der Waals surface area contributed by atoms with E-state index in [4.69, 9.17) is 14.2 Å². The second-order valence-electron chi connectivity index (χ2n) is 20.5. The van der Waals surface area contributed by atoms with Crippen LogP contribution in [0.15, 0.2) is 0 Å². The summed E-state index contributed by atoms with van der Waals surface area (Å²) in [5.74, 6) is 0.786. The molecule has 0 amide bonds.